The average Bonchev–Trinajstić information content (AvgIpc) is 3.07. The van der Waals surface area contributed by atoms with E-state index in [9.17, 15) is 9.18 Å². The second-order valence-corrected chi connectivity index (χ2v) is 7.30. The molecule has 1 aromatic heterocycles. The summed E-state index contributed by atoms with van der Waals surface area (Å²) in [6.45, 7) is 0.843. The van der Waals surface area contributed by atoms with Crippen molar-refractivity contribution in [1.29, 1.82) is 0 Å². The van der Waals surface area contributed by atoms with E-state index in [2.05, 4.69) is 14.9 Å². The van der Waals surface area contributed by atoms with Crippen molar-refractivity contribution in [1.82, 2.24) is 15.0 Å². The molecule has 2 aromatic carbocycles. The summed E-state index contributed by atoms with van der Waals surface area (Å²) in [4.78, 5) is 16.1. The number of carbonyl (C=O) groups excluding carboxylic acids is 1. The zero-order valence-corrected chi connectivity index (χ0v) is 15.5. The van der Waals surface area contributed by atoms with Gasteiger partial charge in [0.2, 0.25) is 5.95 Å². The molecule has 1 aliphatic carbocycles. The summed E-state index contributed by atoms with van der Waals surface area (Å²) >= 11 is 0. The molecule has 1 amide bonds. The van der Waals surface area contributed by atoms with E-state index < -0.39 is 11.7 Å². The third kappa shape index (κ3) is 3.71. The zero-order chi connectivity index (χ0) is 19.5. The van der Waals surface area contributed by atoms with E-state index in [0.29, 0.717) is 11.9 Å². The molecule has 4 rings (SSSR count). The molecule has 0 spiro atoms. The van der Waals surface area contributed by atoms with Crippen molar-refractivity contribution in [3.63, 3.8) is 0 Å². The number of para-hydroxylation sites is 2. The summed E-state index contributed by atoms with van der Waals surface area (Å²) in [6.07, 6.45) is 6.20. The van der Waals surface area contributed by atoms with Gasteiger partial charge < -0.3 is 9.88 Å². The smallest absolute Gasteiger partial charge is 0.274 e. The number of imidazole rings is 1. The first kappa shape index (κ1) is 18.4. The van der Waals surface area contributed by atoms with E-state index in [-0.39, 0.29) is 11.3 Å². The molecule has 3 aromatic rings. The van der Waals surface area contributed by atoms with Crippen molar-refractivity contribution < 1.29 is 14.4 Å². The normalized spacial score (nSPS) is 14.9. The first-order valence-electron chi connectivity index (χ1n) is 9.62. The Balaban J connectivity index is 1.66. The highest BCUT2D eigenvalue weighted by Gasteiger charge is 2.19. The zero-order valence-electron chi connectivity index (χ0n) is 15.5. The maximum atomic E-state index is 14.5. The third-order valence-corrected chi connectivity index (χ3v) is 5.40. The SMILES string of the molecule is O=C(NO)c1ccc(Nc2nc3ccccc3n2CC2CCCCC2)c(F)c1. The van der Waals surface area contributed by atoms with Gasteiger partial charge in [0.25, 0.3) is 5.91 Å². The first-order valence-corrected chi connectivity index (χ1v) is 9.62. The lowest BCUT2D eigenvalue weighted by atomic mass is 9.89. The summed E-state index contributed by atoms with van der Waals surface area (Å²) in [5.41, 5.74) is 3.66. The molecular weight excluding hydrogens is 359 g/mol. The summed E-state index contributed by atoms with van der Waals surface area (Å²) < 4.78 is 16.6. The van der Waals surface area contributed by atoms with Gasteiger partial charge in [-0.05, 0) is 49.1 Å². The van der Waals surface area contributed by atoms with Crippen LogP contribution in [0.4, 0.5) is 16.0 Å². The van der Waals surface area contributed by atoms with Gasteiger partial charge in [-0.2, -0.15) is 0 Å². The minimum Gasteiger partial charge on any atom is -0.323 e. The molecule has 6 nitrogen and oxygen atoms in total. The number of benzene rings is 2. The molecule has 7 heteroatoms. The van der Waals surface area contributed by atoms with Crippen LogP contribution in [0.2, 0.25) is 0 Å². The van der Waals surface area contributed by atoms with E-state index in [0.717, 1.165) is 23.6 Å². The number of anilines is 2. The lowest BCUT2D eigenvalue weighted by molar-refractivity contribution is 0.0706. The molecule has 1 aliphatic rings. The Hall–Kier alpha value is -2.93. The highest BCUT2D eigenvalue weighted by Crippen LogP contribution is 2.30. The number of hydrogen-bond donors (Lipinski definition) is 3. The van der Waals surface area contributed by atoms with Crippen molar-refractivity contribution in [2.45, 2.75) is 38.6 Å². The molecule has 0 bridgehead atoms. The Morgan fingerprint density at radius 3 is 2.71 bits per heavy atom. The minimum atomic E-state index is -0.755. The van der Waals surface area contributed by atoms with Crippen LogP contribution in [0.5, 0.6) is 0 Å². The molecule has 28 heavy (non-hydrogen) atoms. The quantitative estimate of drug-likeness (QED) is 0.444. The number of nitrogens with zero attached hydrogens (tertiary/aromatic N) is 2. The van der Waals surface area contributed by atoms with Crippen LogP contribution in [-0.2, 0) is 6.54 Å². The van der Waals surface area contributed by atoms with Gasteiger partial charge >= 0.3 is 0 Å². The fourth-order valence-corrected chi connectivity index (χ4v) is 3.93. The second kappa shape index (κ2) is 7.98. The van der Waals surface area contributed by atoms with Crippen LogP contribution in [0, 0.1) is 11.7 Å². The van der Waals surface area contributed by atoms with Crippen LogP contribution in [0.3, 0.4) is 0 Å². The van der Waals surface area contributed by atoms with Crippen LogP contribution in [0.1, 0.15) is 42.5 Å². The molecule has 1 saturated carbocycles. The Kier molecular flexibility index (Phi) is 5.25. The molecule has 0 atom stereocenters. The van der Waals surface area contributed by atoms with E-state index in [1.807, 2.05) is 24.3 Å². The molecule has 3 N–H and O–H groups in total. The number of carbonyl (C=O) groups is 1. The number of rotatable bonds is 5. The summed E-state index contributed by atoms with van der Waals surface area (Å²) in [6, 6.07) is 11.9. The van der Waals surface area contributed by atoms with Crippen LogP contribution in [0.25, 0.3) is 11.0 Å². The van der Waals surface area contributed by atoms with Crippen LogP contribution >= 0.6 is 0 Å². The van der Waals surface area contributed by atoms with Crippen LogP contribution < -0.4 is 10.8 Å². The number of halogens is 1. The fourth-order valence-electron chi connectivity index (χ4n) is 3.93. The Bertz CT molecular complexity index is 995. The molecule has 146 valence electrons. The van der Waals surface area contributed by atoms with Crippen LogP contribution in [-0.4, -0.2) is 20.7 Å². The number of hydrogen-bond acceptors (Lipinski definition) is 4. The van der Waals surface area contributed by atoms with Gasteiger partial charge in [0, 0.05) is 12.1 Å². The van der Waals surface area contributed by atoms with E-state index in [4.69, 9.17) is 5.21 Å². The van der Waals surface area contributed by atoms with Crippen molar-refractivity contribution in [3.05, 3.63) is 53.8 Å². The Morgan fingerprint density at radius 2 is 1.96 bits per heavy atom. The van der Waals surface area contributed by atoms with Crippen molar-refractivity contribution in [2.24, 2.45) is 5.92 Å². The molecule has 0 saturated heterocycles. The topological polar surface area (TPSA) is 79.2 Å². The summed E-state index contributed by atoms with van der Waals surface area (Å²) in [5.74, 6) is -0.162. The van der Waals surface area contributed by atoms with Gasteiger partial charge in [-0.25, -0.2) is 14.9 Å². The van der Waals surface area contributed by atoms with Gasteiger partial charge in [0.05, 0.1) is 16.7 Å². The van der Waals surface area contributed by atoms with Gasteiger partial charge in [0.1, 0.15) is 5.82 Å². The molecule has 0 unspecified atom stereocenters. The highest BCUT2D eigenvalue weighted by atomic mass is 19.1. The van der Waals surface area contributed by atoms with Crippen LogP contribution in [0.15, 0.2) is 42.5 Å². The summed E-state index contributed by atoms with van der Waals surface area (Å²) in [7, 11) is 0. The predicted octanol–water partition coefficient (Wildman–Crippen LogP) is 4.62. The van der Waals surface area contributed by atoms with E-state index in [1.165, 1.54) is 49.7 Å². The number of amides is 1. The highest BCUT2D eigenvalue weighted by molar-refractivity contribution is 5.93. The number of aromatic nitrogens is 2. The van der Waals surface area contributed by atoms with Gasteiger partial charge in [-0.15, -0.1) is 0 Å². The van der Waals surface area contributed by atoms with Gasteiger partial charge in [-0.1, -0.05) is 31.4 Å². The Labute approximate surface area is 162 Å². The predicted molar refractivity (Wildman–Crippen MR) is 105 cm³/mol. The minimum absolute atomic E-state index is 0.0428. The molecule has 0 radical (unpaired) electrons. The van der Waals surface area contributed by atoms with Gasteiger partial charge in [-0.3, -0.25) is 10.0 Å². The van der Waals surface area contributed by atoms with Crippen molar-refractivity contribution in [2.75, 3.05) is 5.32 Å². The van der Waals surface area contributed by atoms with Gasteiger partial charge in [0.15, 0.2) is 0 Å². The lowest BCUT2D eigenvalue weighted by Crippen LogP contribution is -2.19. The Morgan fingerprint density at radius 1 is 1.18 bits per heavy atom. The molecular formula is C21H23FN4O2. The standard InChI is InChI=1S/C21H23FN4O2/c22-16-12-15(20(27)25-28)10-11-17(16)23-21-24-18-8-4-5-9-19(18)26(21)13-14-6-2-1-3-7-14/h4-5,8-12,14,28H,1-3,6-7,13H2,(H,23,24)(H,25,27). The largest absolute Gasteiger partial charge is 0.323 e. The summed E-state index contributed by atoms with van der Waals surface area (Å²) in [5, 5.41) is 11.8. The third-order valence-electron chi connectivity index (χ3n) is 5.40. The average molecular weight is 382 g/mol. The maximum Gasteiger partial charge on any atom is 0.274 e. The molecule has 1 heterocycles. The number of hydroxylamine groups is 1. The van der Waals surface area contributed by atoms with Crippen molar-refractivity contribution >= 4 is 28.6 Å². The molecule has 1 fully saturated rings. The molecule has 0 aliphatic heterocycles. The monoisotopic (exact) mass is 382 g/mol. The first-order chi connectivity index (χ1) is 13.7. The maximum absolute atomic E-state index is 14.5. The number of fused-ring (bicyclic) bond motifs is 1. The van der Waals surface area contributed by atoms with E-state index >= 15 is 0 Å². The van der Waals surface area contributed by atoms with Crippen molar-refractivity contribution in [3.8, 4) is 0 Å². The van der Waals surface area contributed by atoms with E-state index in [1.54, 1.807) is 0 Å². The number of nitrogens with one attached hydrogen (secondary N) is 2. The lowest BCUT2D eigenvalue weighted by Gasteiger charge is -2.23. The second-order valence-electron chi connectivity index (χ2n) is 7.30. The fraction of sp³-hybridized carbons (Fsp3) is 0.333.